The topological polar surface area (TPSA) is 121 Å². The number of rotatable bonds is 5. The zero-order valence-corrected chi connectivity index (χ0v) is 27.2. The van der Waals surface area contributed by atoms with Crippen molar-refractivity contribution in [3.63, 3.8) is 0 Å². The molecule has 3 aromatic heterocycles. The van der Waals surface area contributed by atoms with E-state index in [9.17, 15) is 14.9 Å². The number of nitrogens with zero attached hydrogens (tertiary/aromatic N) is 6. The van der Waals surface area contributed by atoms with Gasteiger partial charge in [-0.2, -0.15) is 5.26 Å². The highest BCUT2D eigenvalue weighted by Crippen LogP contribution is 2.43. The van der Waals surface area contributed by atoms with Gasteiger partial charge in [-0.1, -0.05) is 55.2 Å². The Morgan fingerprint density at radius 2 is 1.91 bits per heavy atom. The van der Waals surface area contributed by atoms with E-state index in [0.29, 0.717) is 47.7 Å². The summed E-state index contributed by atoms with van der Waals surface area (Å²) >= 11 is 19.2. The molecular formula is C32H29Cl3FN7O2. The van der Waals surface area contributed by atoms with Crippen LogP contribution in [0.5, 0.6) is 0 Å². The van der Waals surface area contributed by atoms with Gasteiger partial charge in [0.2, 0.25) is 5.91 Å². The minimum atomic E-state index is -0.882. The summed E-state index contributed by atoms with van der Waals surface area (Å²) in [4.78, 5) is 39.8. The first-order valence-corrected chi connectivity index (χ1v) is 15.2. The fraction of sp³-hybridized carbons (Fsp3) is 0.281. The second-order valence-electron chi connectivity index (χ2n) is 11.2. The molecule has 0 aliphatic carbocycles. The number of fused-ring (bicyclic) bond motifs is 1. The predicted octanol–water partition coefficient (Wildman–Crippen LogP) is 6.66. The monoisotopic (exact) mass is 667 g/mol. The van der Waals surface area contributed by atoms with E-state index in [1.165, 1.54) is 22.8 Å². The summed E-state index contributed by atoms with van der Waals surface area (Å²) in [6, 6.07) is 6.31. The van der Waals surface area contributed by atoms with Gasteiger partial charge in [0.25, 0.3) is 5.56 Å². The van der Waals surface area contributed by atoms with Crippen molar-refractivity contribution in [3.05, 3.63) is 85.1 Å². The molecule has 0 bridgehead atoms. The number of piperazine rings is 1. The molecule has 1 saturated heterocycles. The van der Waals surface area contributed by atoms with Crippen LogP contribution in [0.4, 0.5) is 15.8 Å². The van der Waals surface area contributed by atoms with Gasteiger partial charge in [0.15, 0.2) is 5.82 Å². The first-order valence-electron chi connectivity index (χ1n) is 14.1. The fourth-order valence-electron chi connectivity index (χ4n) is 5.81. The number of hydrogen-bond donors (Lipinski definition) is 1. The van der Waals surface area contributed by atoms with E-state index >= 15 is 4.39 Å². The lowest BCUT2D eigenvalue weighted by Crippen LogP contribution is -2.54. The molecule has 13 heteroatoms. The number of nitrogens with two attached hydrogens (primary N) is 1. The van der Waals surface area contributed by atoms with Crippen LogP contribution >= 0.6 is 34.8 Å². The highest BCUT2D eigenvalue weighted by atomic mass is 35.5. The van der Waals surface area contributed by atoms with E-state index < -0.39 is 11.4 Å². The number of nitrogen functional groups attached to an aromatic ring is 1. The van der Waals surface area contributed by atoms with Crippen LogP contribution in [-0.2, 0) is 4.79 Å². The van der Waals surface area contributed by atoms with Crippen molar-refractivity contribution in [2.45, 2.75) is 39.7 Å². The van der Waals surface area contributed by atoms with E-state index in [0.717, 1.165) is 0 Å². The molecule has 0 radical (unpaired) electrons. The van der Waals surface area contributed by atoms with Crippen LogP contribution in [0.1, 0.15) is 43.5 Å². The van der Waals surface area contributed by atoms with Crippen LogP contribution in [0.3, 0.4) is 0 Å². The number of carbonyl (C=O) groups excluding carboxylic acids is 1. The Bertz CT molecular complexity index is 1980. The summed E-state index contributed by atoms with van der Waals surface area (Å²) in [5, 5.41) is 10.5. The van der Waals surface area contributed by atoms with Crippen LogP contribution in [0.2, 0.25) is 15.1 Å². The highest BCUT2D eigenvalue weighted by Gasteiger charge is 2.32. The van der Waals surface area contributed by atoms with E-state index in [1.54, 1.807) is 17.2 Å². The van der Waals surface area contributed by atoms with Gasteiger partial charge >= 0.3 is 0 Å². The van der Waals surface area contributed by atoms with Crippen LogP contribution in [0.25, 0.3) is 28.0 Å². The number of amides is 1. The molecule has 1 amide bonds. The van der Waals surface area contributed by atoms with Crippen molar-refractivity contribution in [3.8, 4) is 23.0 Å². The molecule has 2 N–H and O–H groups in total. The maximum atomic E-state index is 15.6. The van der Waals surface area contributed by atoms with Gasteiger partial charge < -0.3 is 15.5 Å². The maximum Gasteiger partial charge on any atom is 0.276 e. The predicted molar refractivity (Wildman–Crippen MR) is 177 cm³/mol. The number of pyridine rings is 3. The summed E-state index contributed by atoms with van der Waals surface area (Å²) in [7, 11) is 0. The van der Waals surface area contributed by atoms with Gasteiger partial charge in [-0.05, 0) is 49.6 Å². The Balaban J connectivity index is 1.93. The van der Waals surface area contributed by atoms with Crippen molar-refractivity contribution < 1.29 is 9.18 Å². The average molecular weight is 669 g/mol. The molecule has 1 atom stereocenters. The number of carbonyl (C=O) groups is 1. The quantitative estimate of drug-likeness (QED) is 0.144. The van der Waals surface area contributed by atoms with Crippen LogP contribution < -0.4 is 16.2 Å². The number of nitriles is 1. The van der Waals surface area contributed by atoms with Gasteiger partial charge in [-0.15, -0.1) is 0 Å². The lowest BCUT2D eigenvalue weighted by atomic mass is 10.0. The third kappa shape index (κ3) is 5.39. The van der Waals surface area contributed by atoms with Gasteiger partial charge in [0.05, 0.1) is 49.1 Å². The number of benzene rings is 1. The molecule has 5 rings (SSSR count). The SMILES string of the molecule is C=CC(=O)N1CCN(c2c(C#N)c(=O)n(-c3c(C)ccnc3C(C)C)c3nc(-c4c(N)c(Cl)cc(Cl)c4F)c(Cl)cc23)CC1C. The smallest absolute Gasteiger partial charge is 0.276 e. The van der Waals surface area contributed by atoms with Crippen molar-refractivity contribution in [1.82, 2.24) is 19.4 Å². The Hall–Kier alpha value is -4.17. The van der Waals surface area contributed by atoms with Crippen LogP contribution in [0, 0.1) is 24.1 Å². The summed E-state index contributed by atoms with van der Waals surface area (Å²) < 4.78 is 16.9. The molecule has 1 aromatic carbocycles. The zero-order valence-electron chi connectivity index (χ0n) is 25.0. The lowest BCUT2D eigenvalue weighted by Gasteiger charge is -2.41. The Morgan fingerprint density at radius 3 is 2.53 bits per heavy atom. The first kappa shape index (κ1) is 32.2. The lowest BCUT2D eigenvalue weighted by molar-refractivity contribution is -0.128. The second-order valence-corrected chi connectivity index (χ2v) is 12.4. The minimum absolute atomic E-state index is 0.00148. The van der Waals surface area contributed by atoms with Crippen LogP contribution in [0.15, 0.2) is 41.8 Å². The summed E-state index contributed by atoms with van der Waals surface area (Å²) in [6.45, 7) is 12.1. The molecule has 232 valence electrons. The molecule has 0 saturated carbocycles. The van der Waals surface area contributed by atoms with Crippen molar-refractivity contribution in [1.29, 1.82) is 5.26 Å². The minimum Gasteiger partial charge on any atom is -0.397 e. The first-order chi connectivity index (χ1) is 21.3. The standard InChI is InChI=1S/C32H29Cl3FN7O2/c1-6-23(44)42-10-9-41(14-17(42)5)30-18-11-22(35)28(24-25(36)20(33)12-21(34)26(24)38)40-31(18)43(32(45)19(30)13-37)29-16(4)7-8-39-27(29)15(2)3/h6-8,11-12,15,17H,1,9-10,14,38H2,2-5H3. The highest BCUT2D eigenvalue weighted by molar-refractivity contribution is 6.38. The van der Waals surface area contributed by atoms with Gasteiger partial charge in [0, 0.05) is 37.3 Å². The average Bonchev–Trinajstić information content (AvgIpc) is 3.00. The number of anilines is 2. The van der Waals surface area contributed by atoms with Crippen molar-refractivity contribution >= 4 is 63.1 Å². The molecular weight excluding hydrogens is 640 g/mol. The van der Waals surface area contributed by atoms with Gasteiger partial charge in [-0.25, -0.2) is 9.37 Å². The van der Waals surface area contributed by atoms with E-state index in [1.807, 2.05) is 32.6 Å². The third-order valence-electron chi connectivity index (χ3n) is 7.96. The van der Waals surface area contributed by atoms with Gasteiger partial charge in [0.1, 0.15) is 17.3 Å². The summed E-state index contributed by atoms with van der Waals surface area (Å²) in [5.41, 5.74) is 7.13. The molecule has 45 heavy (non-hydrogen) atoms. The molecule has 1 aliphatic rings. The molecule has 4 heterocycles. The van der Waals surface area contributed by atoms with Crippen LogP contribution in [-0.4, -0.2) is 51.0 Å². The Kier molecular flexibility index (Phi) is 8.82. The molecule has 0 spiro atoms. The molecule has 1 aliphatic heterocycles. The summed E-state index contributed by atoms with van der Waals surface area (Å²) in [6.07, 6.45) is 2.90. The van der Waals surface area contributed by atoms with E-state index in [2.05, 4.69) is 17.6 Å². The second kappa shape index (κ2) is 12.3. The number of hydrogen-bond acceptors (Lipinski definition) is 7. The van der Waals surface area contributed by atoms with Crippen molar-refractivity contribution in [2.24, 2.45) is 0 Å². The third-order valence-corrected chi connectivity index (χ3v) is 8.84. The number of aromatic nitrogens is 3. The zero-order chi connectivity index (χ0) is 32.9. The Labute approximate surface area is 274 Å². The normalized spacial score (nSPS) is 15.1. The van der Waals surface area contributed by atoms with E-state index in [-0.39, 0.29) is 61.1 Å². The number of aryl methyl sites for hydroxylation is 1. The molecule has 9 nitrogen and oxygen atoms in total. The largest absolute Gasteiger partial charge is 0.397 e. The summed E-state index contributed by atoms with van der Waals surface area (Å²) in [5.74, 6) is -1.22. The fourth-order valence-corrected chi connectivity index (χ4v) is 6.52. The van der Waals surface area contributed by atoms with E-state index in [4.69, 9.17) is 45.5 Å². The molecule has 1 fully saturated rings. The number of halogens is 4. The Morgan fingerprint density at radius 1 is 1.20 bits per heavy atom. The molecule has 1 unspecified atom stereocenters. The van der Waals surface area contributed by atoms with Crippen molar-refractivity contribution in [2.75, 3.05) is 30.3 Å². The molecule has 4 aromatic rings. The van der Waals surface area contributed by atoms with Gasteiger partial charge in [-0.3, -0.25) is 19.1 Å². The maximum absolute atomic E-state index is 15.6.